The smallest absolute Gasteiger partial charge is 0.335 e. The molecule has 2 rings (SSSR count). The monoisotopic (exact) mass is 334 g/mol. The minimum atomic E-state index is -0.939. The number of nitrogens with one attached hydrogen (secondary N) is 1. The van der Waals surface area contributed by atoms with Crippen molar-refractivity contribution in [2.45, 2.75) is 19.9 Å². The molecule has 0 unspecified atom stereocenters. The van der Waals surface area contributed by atoms with Crippen LogP contribution in [-0.2, 0) is 13.0 Å². The summed E-state index contributed by atoms with van der Waals surface area (Å²) in [5.41, 5.74) is 2.11. The Morgan fingerprint density at radius 1 is 1.35 bits per heavy atom. The van der Waals surface area contributed by atoms with Crippen LogP contribution in [-0.4, -0.2) is 16.1 Å². The van der Waals surface area contributed by atoms with E-state index in [1.54, 1.807) is 12.1 Å². The SMILES string of the molecule is CCc1cc(C(=O)O)cc(NCc2ccccc2Br)n1. The van der Waals surface area contributed by atoms with Crippen LogP contribution in [0.15, 0.2) is 40.9 Å². The number of rotatable bonds is 5. The molecule has 2 N–H and O–H groups in total. The van der Waals surface area contributed by atoms with Gasteiger partial charge in [-0.3, -0.25) is 0 Å². The molecule has 20 heavy (non-hydrogen) atoms. The molecule has 0 bridgehead atoms. The van der Waals surface area contributed by atoms with Crippen molar-refractivity contribution >= 4 is 27.7 Å². The van der Waals surface area contributed by atoms with Gasteiger partial charge in [-0.15, -0.1) is 0 Å². The zero-order valence-electron chi connectivity index (χ0n) is 11.1. The zero-order valence-corrected chi connectivity index (χ0v) is 12.6. The van der Waals surface area contributed by atoms with Crippen molar-refractivity contribution in [2.24, 2.45) is 0 Å². The van der Waals surface area contributed by atoms with Crippen LogP contribution in [0.5, 0.6) is 0 Å². The molecule has 0 aliphatic carbocycles. The first-order valence-corrected chi connectivity index (χ1v) is 7.11. The van der Waals surface area contributed by atoms with E-state index in [-0.39, 0.29) is 5.56 Å². The lowest BCUT2D eigenvalue weighted by molar-refractivity contribution is 0.0696. The summed E-state index contributed by atoms with van der Waals surface area (Å²) < 4.78 is 1.01. The minimum absolute atomic E-state index is 0.256. The molecule has 0 saturated carbocycles. The fraction of sp³-hybridized carbons (Fsp3) is 0.200. The quantitative estimate of drug-likeness (QED) is 0.874. The molecule has 1 aromatic carbocycles. The van der Waals surface area contributed by atoms with E-state index in [1.807, 2.05) is 31.2 Å². The number of pyridine rings is 1. The molecule has 4 nitrogen and oxygen atoms in total. The number of hydrogen-bond donors (Lipinski definition) is 2. The van der Waals surface area contributed by atoms with Gasteiger partial charge in [-0.05, 0) is 30.2 Å². The van der Waals surface area contributed by atoms with E-state index in [4.69, 9.17) is 5.11 Å². The highest BCUT2D eigenvalue weighted by Crippen LogP contribution is 2.18. The van der Waals surface area contributed by atoms with Crippen molar-refractivity contribution in [3.63, 3.8) is 0 Å². The summed E-state index contributed by atoms with van der Waals surface area (Å²) >= 11 is 3.48. The Bertz CT molecular complexity index is 629. The molecule has 0 spiro atoms. The van der Waals surface area contributed by atoms with Crippen LogP contribution in [0.3, 0.4) is 0 Å². The molecule has 0 saturated heterocycles. The van der Waals surface area contributed by atoms with Gasteiger partial charge in [0.1, 0.15) is 5.82 Å². The predicted octanol–water partition coefficient (Wildman–Crippen LogP) is 3.72. The van der Waals surface area contributed by atoms with Crippen molar-refractivity contribution in [3.8, 4) is 0 Å². The molecule has 0 radical (unpaired) electrons. The molecule has 0 aliphatic rings. The maximum atomic E-state index is 11.1. The number of aromatic carboxylic acids is 1. The van der Waals surface area contributed by atoms with Crippen LogP contribution in [0.1, 0.15) is 28.5 Å². The fourth-order valence-corrected chi connectivity index (χ4v) is 2.24. The topological polar surface area (TPSA) is 62.2 Å². The number of carboxylic acids is 1. The number of carbonyl (C=O) groups is 1. The van der Waals surface area contributed by atoms with Gasteiger partial charge in [-0.1, -0.05) is 41.1 Å². The van der Waals surface area contributed by atoms with Crippen LogP contribution >= 0.6 is 15.9 Å². The summed E-state index contributed by atoms with van der Waals surface area (Å²) in [7, 11) is 0. The third-order valence-corrected chi connectivity index (χ3v) is 3.68. The summed E-state index contributed by atoms with van der Waals surface area (Å²) in [4.78, 5) is 15.5. The summed E-state index contributed by atoms with van der Waals surface area (Å²) in [6.07, 6.45) is 0.699. The Hall–Kier alpha value is -1.88. The highest BCUT2D eigenvalue weighted by Gasteiger charge is 2.08. The minimum Gasteiger partial charge on any atom is -0.478 e. The molecule has 0 amide bonds. The number of aryl methyl sites for hydroxylation is 1. The van der Waals surface area contributed by atoms with E-state index in [1.165, 1.54) is 0 Å². The zero-order chi connectivity index (χ0) is 14.5. The van der Waals surface area contributed by atoms with E-state index in [0.717, 1.165) is 15.7 Å². The summed E-state index contributed by atoms with van der Waals surface area (Å²) in [5.74, 6) is -0.358. The second-order valence-corrected chi connectivity index (χ2v) is 5.19. The Morgan fingerprint density at radius 3 is 2.75 bits per heavy atom. The van der Waals surface area contributed by atoms with Gasteiger partial charge in [0, 0.05) is 16.7 Å². The number of benzene rings is 1. The van der Waals surface area contributed by atoms with Crippen LogP contribution in [0, 0.1) is 0 Å². The molecule has 0 atom stereocenters. The molecule has 104 valence electrons. The maximum absolute atomic E-state index is 11.1. The number of halogens is 1. The molecule has 1 aromatic heterocycles. The van der Waals surface area contributed by atoms with Gasteiger partial charge in [-0.2, -0.15) is 0 Å². The normalized spacial score (nSPS) is 10.3. The van der Waals surface area contributed by atoms with E-state index in [0.29, 0.717) is 18.8 Å². The summed E-state index contributed by atoms with van der Waals surface area (Å²) in [5, 5.41) is 12.3. The van der Waals surface area contributed by atoms with Gasteiger partial charge < -0.3 is 10.4 Å². The van der Waals surface area contributed by atoms with Crippen LogP contribution < -0.4 is 5.32 Å². The van der Waals surface area contributed by atoms with Crippen molar-refractivity contribution in [3.05, 3.63) is 57.7 Å². The van der Waals surface area contributed by atoms with Crippen LogP contribution in [0.25, 0.3) is 0 Å². The molecule has 1 heterocycles. The number of carboxylic acid groups (broad SMARTS) is 1. The van der Waals surface area contributed by atoms with Gasteiger partial charge in [0.2, 0.25) is 0 Å². The number of nitrogens with zero attached hydrogens (tertiary/aromatic N) is 1. The van der Waals surface area contributed by atoms with Crippen molar-refractivity contribution in [1.82, 2.24) is 4.98 Å². The second kappa shape index (κ2) is 6.52. The molecule has 5 heteroatoms. The second-order valence-electron chi connectivity index (χ2n) is 4.34. The average Bonchev–Trinajstić information content (AvgIpc) is 2.46. The lowest BCUT2D eigenvalue weighted by Crippen LogP contribution is -2.06. The first-order valence-electron chi connectivity index (χ1n) is 6.31. The van der Waals surface area contributed by atoms with Crippen LogP contribution in [0.2, 0.25) is 0 Å². The molecular weight excluding hydrogens is 320 g/mol. The fourth-order valence-electron chi connectivity index (χ4n) is 1.81. The van der Waals surface area contributed by atoms with E-state index in [2.05, 4.69) is 26.2 Å². The number of hydrogen-bond acceptors (Lipinski definition) is 3. The first kappa shape index (κ1) is 14.5. The third-order valence-electron chi connectivity index (χ3n) is 2.91. The summed E-state index contributed by atoms with van der Waals surface area (Å²) in [6, 6.07) is 11.0. The third kappa shape index (κ3) is 3.57. The Balaban J connectivity index is 2.19. The average molecular weight is 335 g/mol. The number of anilines is 1. The lowest BCUT2D eigenvalue weighted by atomic mass is 10.2. The lowest BCUT2D eigenvalue weighted by Gasteiger charge is -2.09. The Morgan fingerprint density at radius 2 is 2.10 bits per heavy atom. The largest absolute Gasteiger partial charge is 0.478 e. The maximum Gasteiger partial charge on any atom is 0.335 e. The van der Waals surface area contributed by atoms with Gasteiger partial charge in [-0.25, -0.2) is 9.78 Å². The molecule has 2 aromatic rings. The van der Waals surface area contributed by atoms with Gasteiger partial charge in [0.25, 0.3) is 0 Å². The highest BCUT2D eigenvalue weighted by molar-refractivity contribution is 9.10. The molecule has 0 fully saturated rings. The predicted molar refractivity (Wildman–Crippen MR) is 82.0 cm³/mol. The van der Waals surface area contributed by atoms with Crippen molar-refractivity contribution in [1.29, 1.82) is 0 Å². The van der Waals surface area contributed by atoms with Crippen molar-refractivity contribution in [2.75, 3.05) is 5.32 Å². The van der Waals surface area contributed by atoms with Crippen molar-refractivity contribution < 1.29 is 9.90 Å². The van der Waals surface area contributed by atoms with E-state index < -0.39 is 5.97 Å². The summed E-state index contributed by atoms with van der Waals surface area (Å²) in [6.45, 7) is 2.53. The van der Waals surface area contributed by atoms with Gasteiger partial charge in [0.05, 0.1) is 5.56 Å². The Kier molecular flexibility index (Phi) is 4.74. The van der Waals surface area contributed by atoms with Crippen LogP contribution in [0.4, 0.5) is 5.82 Å². The first-order chi connectivity index (χ1) is 9.60. The van der Waals surface area contributed by atoms with E-state index >= 15 is 0 Å². The molecular formula is C15H15BrN2O2. The number of aromatic nitrogens is 1. The van der Waals surface area contributed by atoms with Gasteiger partial charge >= 0.3 is 5.97 Å². The Labute approximate surface area is 126 Å². The standard InChI is InChI=1S/C15H15BrN2O2/c1-2-12-7-11(15(19)20)8-14(18-12)17-9-10-5-3-4-6-13(10)16/h3-8H,2,9H2,1H3,(H,17,18)(H,19,20). The van der Waals surface area contributed by atoms with E-state index in [9.17, 15) is 4.79 Å². The molecule has 0 aliphatic heterocycles. The highest BCUT2D eigenvalue weighted by atomic mass is 79.9. The van der Waals surface area contributed by atoms with Gasteiger partial charge in [0.15, 0.2) is 0 Å².